The number of phenolic OH excluding ortho intramolecular Hbond substituents is 1. The molecule has 0 fully saturated rings. The van der Waals surface area contributed by atoms with Crippen LogP contribution in [0.2, 0.25) is 5.02 Å². The molecule has 1 aromatic rings. The van der Waals surface area contributed by atoms with Crippen molar-refractivity contribution >= 4 is 29.2 Å². The van der Waals surface area contributed by atoms with Crippen LogP contribution in [0.5, 0.6) is 5.75 Å². The summed E-state index contributed by atoms with van der Waals surface area (Å²) in [4.78, 5) is 22.0. The largest absolute Gasteiger partial charge is 0.507 e. The lowest BCUT2D eigenvalue weighted by molar-refractivity contribution is -0.114. The number of benzene rings is 1. The minimum absolute atomic E-state index is 0.0541. The third kappa shape index (κ3) is 2.64. The summed E-state index contributed by atoms with van der Waals surface area (Å²) in [5.74, 6) is -1.33. The molecule has 0 aliphatic rings. The van der Waals surface area contributed by atoms with Gasteiger partial charge in [-0.25, -0.2) is 4.79 Å². The summed E-state index contributed by atoms with van der Waals surface area (Å²) in [5, 5.41) is 12.1. The predicted molar refractivity (Wildman–Crippen MR) is 58.8 cm³/mol. The van der Waals surface area contributed by atoms with Crippen LogP contribution in [-0.2, 0) is 9.53 Å². The first-order chi connectivity index (χ1) is 7.45. The van der Waals surface area contributed by atoms with Gasteiger partial charge in [0.1, 0.15) is 11.3 Å². The number of esters is 1. The molecule has 1 amide bonds. The Kier molecular flexibility index (Phi) is 3.73. The number of phenols is 1. The van der Waals surface area contributed by atoms with Crippen LogP contribution in [-0.4, -0.2) is 24.1 Å². The lowest BCUT2D eigenvalue weighted by Gasteiger charge is -2.08. The molecule has 5 nitrogen and oxygen atoms in total. The summed E-state index contributed by atoms with van der Waals surface area (Å²) in [6.07, 6.45) is 0. The lowest BCUT2D eigenvalue weighted by Crippen LogP contribution is -2.08. The van der Waals surface area contributed by atoms with Crippen LogP contribution in [0.1, 0.15) is 17.3 Å². The van der Waals surface area contributed by atoms with Crippen molar-refractivity contribution in [2.24, 2.45) is 0 Å². The molecule has 0 unspecified atom stereocenters. The summed E-state index contributed by atoms with van der Waals surface area (Å²) in [7, 11) is 1.19. The number of carbonyl (C=O) groups is 2. The van der Waals surface area contributed by atoms with E-state index in [1.54, 1.807) is 0 Å². The molecule has 1 rings (SSSR count). The summed E-state index contributed by atoms with van der Waals surface area (Å²) >= 11 is 5.81. The Morgan fingerprint density at radius 1 is 1.44 bits per heavy atom. The van der Waals surface area contributed by atoms with Crippen LogP contribution >= 0.6 is 11.6 Å². The molecule has 0 bridgehead atoms. The third-order valence-corrected chi connectivity index (χ3v) is 2.11. The molecule has 6 heteroatoms. The van der Waals surface area contributed by atoms with Crippen molar-refractivity contribution in [2.75, 3.05) is 12.4 Å². The van der Waals surface area contributed by atoms with E-state index in [9.17, 15) is 14.7 Å². The van der Waals surface area contributed by atoms with E-state index in [4.69, 9.17) is 11.6 Å². The van der Waals surface area contributed by atoms with Gasteiger partial charge in [-0.2, -0.15) is 0 Å². The minimum Gasteiger partial charge on any atom is -0.507 e. The van der Waals surface area contributed by atoms with Crippen molar-refractivity contribution in [3.8, 4) is 5.75 Å². The Labute approximate surface area is 97.0 Å². The number of carbonyl (C=O) groups excluding carboxylic acids is 2. The van der Waals surface area contributed by atoms with Crippen molar-refractivity contribution in [3.63, 3.8) is 0 Å². The highest BCUT2D eigenvalue weighted by molar-refractivity contribution is 6.34. The van der Waals surface area contributed by atoms with Gasteiger partial charge in [-0.1, -0.05) is 11.6 Å². The number of nitrogens with one attached hydrogen (secondary N) is 1. The van der Waals surface area contributed by atoms with Gasteiger partial charge in [0, 0.05) is 13.0 Å². The quantitative estimate of drug-likeness (QED) is 0.777. The molecule has 0 saturated heterocycles. The fourth-order valence-corrected chi connectivity index (χ4v) is 1.33. The normalized spacial score (nSPS) is 9.69. The molecule has 2 N–H and O–H groups in total. The Bertz CT molecular complexity index is 445. The number of anilines is 1. The standard InChI is InChI=1S/C10H10ClNO4/c1-5(13)12-8-4-9(14)6(3-7(8)11)10(15)16-2/h3-4,14H,1-2H3,(H,12,13). The van der Waals surface area contributed by atoms with Crippen LogP contribution in [0.15, 0.2) is 12.1 Å². The highest BCUT2D eigenvalue weighted by atomic mass is 35.5. The Morgan fingerprint density at radius 2 is 2.06 bits per heavy atom. The van der Waals surface area contributed by atoms with Crippen LogP contribution < -0.4 is 5.32 Å². The van der Waals surface area contributed by atoms with E-state index in [0.29, 0.717) is 0 Å². The number of ether oxygens (including phenoxy) is 1. The fraction of sp³-hybridized carbons (Fsp3) is 0.200. The van der Waals surface area contributed by atoms with Gasteiger partial charge in [-0.15, -0.1) is 0 Å². The van der Waals surface area contributed by atoms with Gasteiger partial charge < -0.3 is 15.2 Å². The SMILES string of the molecule is COC(=O)c1cc(Cl)c(NC(C)=O)cc1O. The third-order valence-electron chi connectivity index (χ3n) is 1.80. The highest BCUT2D eigenvalue weighted by Gasteiger charge is 2.15. The zero-order chi connectivity index (χ0) is 12.3. The topological polar surface area (TPSA) is 75.6 Å². The van der Waals surface area contributed by atoms with E-state index < -0.39 is 5.97 Å². The summed E-state index contributed by atoms with van der Waals surface area (Å²) in [6.45, 7) is 1.31. The Hall–Kier alpha value is -1.75. The summed E-state index contributed by atoms with van der Waals surface area (Å²) in [6, 6.07) is 2.42. The second kappa shape index (κ2) is 4.85. The van der Waals surface area contributed by atoms with E-state index in [2.05, 4.69) is 10.1 Å². The van der Waals surface area contributed by atoms with Crippen molar-refractivity contribution in [3.05, 3.63) is 22.7 Å². The lowest BCUT2D eigenvalue weighted by atomic mass is 10.2. The number of aromatic hydroxyl groups is 1. The number of rotatable bonds is 2. The van der Waals surface area contributed by atoms with Crippen LogP contribution in [0.4, 0.5) is 5.69 Å². The maximum Gasteiger partial charge on any atom is 0.341 e. The van der Waals surface area contributed by atoms with E-state index in [-0.39, 0.29) is 27.9 Å². The van der Waals surface area contributed by atoms with Gasteiger partial charge in [0.2, 0.25) is 5.91 Å². The van der Waals surface area contributed by atoms with Crippen molar-refractivity contribution in [2.45, 2.75) is 6.92 Å². The van der Waals surface area contributed by atoms with Gasteiger partial charge in [-0.3, -0.25) is 4.79 Å². The highest BCUT2D eigenvalue weighted by Crippen LogP contribution is 2.30. The molecule has 0 aromatic heterocycles. The zero-order valence-electron chi connectivity index (χ0n) is 8.70. The molecular weight excluding hydrogens is 234 g/mol. The number of methoxy groups -OCH3 is 1. The first-order valence-electron chi connectivity index (χ1n) is 4.34. The Balaban J connectivity index is 3.16. The molecule has 16 heavy (non-hydrogen) atoms. The maximum absolute atomic E-state index is 11.2. The van der Waals surface area contributed by atoms with Gasteiger partial charge in [0.25, 0.3) is 0 Å². The second-order valence-corrected chi connectivity index (χ2v) is 3.43. The smallest absolute Gasteiger partial charge is 0.341 e. The molecular formula is C10H10ClNO4. The number of hydrogen-bond donors (Lipinski definition) is 2. The molecule has 0 atom stereocenters. The fourth-order valence-electron chi connectivity index (χ4n) is 1.12. The minimum atomic E-state index is -0.700. The number of amides is 1. The molecule has 0 heterocycles. The molecule has 0 aliphatic carbocycles. The van der Waals surface area contributed by atoms with Gasteiger partial charge >= 0.3 is 5.97 Å². The van der Waals surface area contributed by atoms with Crippen molar-refractivity contribution in [1.82, 2.24) is 0 Å². The maximum atomic E-state index is 11.2. The Morgan fingerprint density at radius 3 is 2.56 bits per heavy atom. The van der Waals surface area contributed by atoms with Gasteiger partial charge in [0.15, 0.2) is 0 Å². The summed E-state index contributed by atoms with van der Waals surface area (Å²) in [5.41, 5.74) is 0.181. The monoisotopic (exact) mass is 243 g/mol. The zero-order valence-corrected chi connectivity index (χ0v) is 9.46. The average molecular weight is 244 g/mol. The molecule has 1 aromatic carbocycles. The van der Waals surface area contributed by atoms with Crippen LogP contribution in [0.3, 0.4) is 0 Å². The summed E-state index contributed by atoms with van der Waals surface area (Å²) < 4.78 is 4.45. The van der Waals surface area contributed by atoms with Crippen molar-refractivity contribution in [1.29, 1.82) is 0 Å². The average Bonchev–Trinajstić information content (AvgIpc) is 2.21. The first kappa shape index (κ1) is 12.3. The molecule has 0 spiro atoms. The van der Waals surface area contributed by atoms with E-state index in [0.717, 1.165) is 0 Å². The molecule has 86 valence electrons. The van der Waals surface area contributed by atoms with E-state index >= 15 is 0 Å². The number of halogens is 1. The van der Waals surface area contributed by atoms with Crippen molar-refractivity contribution < 1.29 is 19.4 Å². The van der Waals surface area contributed by atoms with E-state index in [1.165, 1.54) is 26.2 Å². The van der Waals surface area contributed by atoms with Gasteiger partial charge in [0.05, 0.1) is 17.8 Å². The molecule has 0 aliphatic heterocycles. The van der Waals surface area contributed by atoms with Gasteiger partial charge in [-0.05, 0) is 6.07 Å². The second-order valence-electron chi connectivity index (χ2n) is 3.02. The molecule has 0 saturated carbocycles. The van der Waals surface area contributed by atoms with Crippen LogP contribution in [0, 0.1) is 0 Å². The number of hydrogen-bond acceptors (Lipinski definition) is 4. The van der Waals surface area contributed by atoms with Crippen LogP contribution in [0.25, 0.3) is 0 Å². The first-order valence-corrected chi connectivity index (χ1v) is 4.72. The molecule has 0 radical (unpaired) electrons. The predicted octanol–water partition coefficient (Wildman–Crippen LogP) is 1.79. The van der Waals surface area contributed by atoms with E-state index in [1.807, 2.05) is 0 Å².